The zero-order chi connectivity index (χ0) is 7.23. The van der Waals surface area contributed by atoms with Crippen LogP contribution in [0.1, 0.15) is 38.5 Å². The average Bonchev–Trinajstić information content (AvgIpc) is 2.03. The van der Waals surface area contributed by atoms with E-state index in [1.807, 2.05) is 0 Å². The van der Waals surface area contributed by atoms with Crippen LogP contribution in [0, 0.1) is 12.8 Å². The lowest BCUT2D eigenvalue weighted by atomic mass is 9.89. The molecular formula is C10H17. The van der Waals surface area contributed by atoms with E-state index in [1.54, 1.807) is 0 Å². The van der Waals surface area contributed by atoms with Crippen molar-refractivity contribution in [3.63, 3.8) is 0 Å². The first kappa shape index (κ1) is 7.84. The van der Waals surface area contributed by atoms with Gasteiger partial charge in [-0.1, -0.05) is 31.4 Å². The molecular weight excluding hydrogens is 120 g/mol. The van der Waals surface area contributed by atoms with Crippen LogP contribution in [0.2, 0.25) is 0 Å². The van der Waals surface area contributed by atoms with E-state index in [1.165, 1.54) is 32.1 Å². The van der Waals surface area contributed by atoms with E-state index in [2.05, 4.69) is 19.1 Å². The molecule has 1 aliphatic rings. The van der Waals surface area contributed by atoms with Crippen molar-refractivity contribution < 1.29 is 0 Å². The van der Waals surface area contributed by atoms with E-state index in [0.717, 1.165) is 12.3 Å². The molecule has 0 heteroatoms. The molecule has 0 atom stereocenters. The van der Waals surface area contributed by atoms with Crippen molar-refractivity contribution in [2.75, 3.05) is 0 Å². The normalized spacial score (nSPS) is 22.1. The summed E-state index contributed by atoms with van der Waals surface area (Å²) >= 11 is 0. The molecule has 0 N–H and O–H groups in total. The monoisotopic (exact) mass is 137 g/mol. The topological polar surface area (TPSA) is 0 Å². The summed E-state index contributed by atoms with van der Waals surface area (Å²) in [7, 11) is 0. The molecule has 0 nitrogen and oxygen atoms in total. The van der Waals surface area contributed by atoms with Crippen molar-refractivity contribution in [3.8, 4) is 0 Å². The predicted octanol–water partition coefficient (Wildman–Crippen LogP) is 3.35. The van der Waals surface area contributed by atoms with Gasteiger partial charge in [0.2, 0.25) is 0 Å². The van der Waals surface area contributed by atoms with Crippen molar-refractivity contribution in [2.45, 2.75) is 38.5 Å². The molecule has 57 valence electrons. The van der Waals surface area contributed by atoms with Gasteiger partial charge in [0, 0.05) is 0 Å². The Labute approximate surface area is 64.3 Å². The third-order valence-corrected chi connectivity index (χ3v) is 2.22. The van der Waals surface area contributed by atoms with Gasteiger partial charge in [-0.2, -0.15) is 0 Å². The van der Waals surface area contributed by atoms with E-state index in [-0.39, 0.29) is 0 Å². The standard InChI is InChI=1S/C10H17/c1-2-3-7-10-8-5-4-6-9-10/h3,7,10H,1-2,4-6,8-9H2/b7-3+. The fourth-order valence-corrected chi connectivity index (χ4v) is 1.62. The van der Waals surface area contributed by atoms with Gasteiger partial charge in [-0.05, 0) is 32.1 Å². The predicted molar refractivity (Wildman–Crippen MR) is 45.7 cm³/mol. The molecule has 1 saturated carbocycles. The molecule has 0 aliphatic heterocycles. The molecule has 0 unspecified atom stereocenters. The number of hydrogen-bond acceptors (Lipinski definition) is 0. The van der Waals surface area contributed by atoms with Crippen molar-refractivity contribution >= 4 is 0 Å². The highest BCUT2D eigenvalue weighted by atomic mass is 14.1. The lowest BCUT2D eigenvalue weighted by Crippen LogP contribution is -2.02. The minimum absolute atomic E-state index is 0.885. The van der Waals surface area contributed by atoms with E-state index < -0.39 is 0 Å². The maximum Gasteiger partial charge on any atom is -0.0234 e. The van der Waals surface area contributed by atoms with Crippen LogP contribution < -0.4 is 0 Å². The zero-order valence-electron chi connectivity index (χ0n) is 6.68. The van der Waals surface area contributed by atoms with Crippen LogP contribution in [0.3, 0.4) is 0 Å². The van der Waals surface area contributed by atoms with E-state index >= 15 is 0 Å². The van der Waals surface area contributed by atoms with Crippen molar-refractivity contribution in [3.05, 3.63) is 19.1 Å². The summed E-state index contributed by atoms with van der Waals surface area (Å²) in [4.78, 5) is 0. The first-order valence-electron chi connectivity index (χ1n) is 4.39. The van der Waals surface area contributed by atoms with Crippen LogP contribution in [0.15, 0.2) is 12.2 Å². The van der Waals surface area contributed by atoms with E-state index in [4.69, 9.17) is 0 Å². The Morgan fingerprint density at radius 2 is 1.90 bits per heavy atom. The van der Waals surface area contributed by atoms with Crippen LogP contribution in [0.4, 0.5) is 0 Å². The smallest absolute Gasteiger partial charge is 0.0234 e. The molecule has 1 radical (unpaired) electrons. The second-order valence-electron chi connectivity index (χ2n) is 3.11. The third kappa shape index (κ3) is 2.55. The molecule has 1 aliphatic carbocycles. The fourth-order valence-electron chi connectivity index (χ4n) is 1.62. The maximum absolute atomic E-state index is 3.78. The van der Waals surface area contributed by atoms with Crippen molar-refractivity contribution in [1.82, 2.24) is 0 Å². The fraction of sp³-hybridized carbons (Fsp3) is 0.700. The second kappa shape index (κ2) is 4.54. The van der Waals surface area contributed by atoms with Crippen LogP contribution in [0.5, 0.6) is 0 Å². The molecule has 1 fully saturated rings. The Balaban J connectivity index is 2.19. The van der Waals surface area contributed by atoms with Gasteiger partial charge in [0.15, 0.2) is 0 Å². The summed E-state index contributed by atoms with van der Waals surface area (Å²) in [5.74, 6) is 0.885. The van der Waals surface area contributed by atoms with Gasteiger partial charge in [-0.25, -0.2) is 0 Å². The highest BCUT2D eigenvalue weighted by Gasteiger charge is 2.08. The summed E-state index contributed by atoms with van der Waals surface area (Å²) in [6.45, 7) is 3.78. The first-order chi connectivity index (χ1) is 4.93. The summed E-state index contributed by atoms with van der Waals surface area (Å²) in [6, 6.07) is 0. The molecule has 0 spiro atoms. The summed E-state index contributed by atoms with van der Waals surface area (Å²) < 4.78 is 0. The Morgan fingerprint density at radius 1 is 1.20 bits per heavy atom. The molecule has 0 aromatic heterocycles. The lowest BCUT2D eigenvalue weighted by Gasteiger charge is -2.17. The third-order valence-electron chi connectivity index (χ3n) is 2.22. The zero-order valence-corrected chi connectivity index (χ0v) is 6.68. The second-order valence-corrected chi connectivity index (χ2v) is 3.11. The van der Waals surface area contributed by atoms with Gasteiger partial charge in [0.05, 0.1) is 0 Å². The van der Waals surface area contributed by atoms with Crippen LogP contribution in [0.25, 0.3) is 0 Å². The largest absolute Gasteiger partial charge is 0.0883 e. The molecule has 10 heavy (non-hydrogen) atoms. The molecule has 0 amide bonds. The van der Waals surface area contributed by atoms with Crippen molar-refractivity contribution in [2.24, 2.45) is 5.92 Å². The van der Waals surface area contributed by atoms with Gasteiger partial charge in [-0.3, -0.25) is 0 Å². The highest BCUT2D eigenvalue weighted by Crippen LogP contribution is 2.24. The molecule has 0 aromatic carbocycles. The van der Waals surface area contributed by atoms with Crippen LogP contribution >= 0.6 is 0 Å². The lowest BCUT2D eigenvalue weighted by molar-refractivity contribution is 0.419. The highest BCUT2D eigenvalue weighted by molar-refractivity contribution is 4.90. The Hall–Kier alpha value is -0.260. The summed E-state index contributed by atoms with van der Waals surface area (Å²) in [6.07, 6.45) is 12.7. The first-order valence-corrected chi connectivity index (χ1v) is 4.39. The number of allylic oxidation sites excluding steroid dienone is 2. The van der Waals surface area contributed by atoms with Gasteiger partial charge in [0.1, 0.15) is 0 Å². The Bertz CT molecular complexity index is 96.6. The van der Waals surface area contributed by atoms with E-state index in [0.29, 0.717) is 0 Å². The molecule has 0 bridgehead atoms. The summed E-state index contributed by atoms with van der Waals surface area (Å²) in [5, 5.41) is 0. The van der Waals surface area contributed by atoms with E-state index in [9.17, 15) is 0 Å². The quantitative estimate of drug-likeness (QED) is 0.512. The molecule has 1 rings (SSSR count). The van der Waals surface area contributed by atoms with Gasteiger partial charge < -0.3 is 0 Å². The van der Waals surface area contributed by atoms with Crippen LogP contribution in [-0.4, -0.2) is 0 Å². The van der Waals surface area contributed by atoms with Gasteiger partial charge in [-0.15, -0.1) is 0 Å². The van der Waals surface area contributed by atoms with Crippen LogP contribution in [-0.2, 0) is 0 Å². The molecule has 0 saturated heterocycles. The number of hydrogen-bond donors (Lipinski definition) is 0. The summed E-state index contributed by atoms with van der Waals surface area (Å²) in [5.41, 5.74) is 0. The molecule has 0 heterocycles. The Kier molecular flexibility index (Phi) is 3.56. The SMILES string of the molecule is [CH2]C/C=C/C1CCCCC1. The average molecular weight is 137 g/mol. The Morgan fingerprint density at radius 3 is 2.50 bits per heavy atom. The van der Waals surface area contributed by atoms with Gasteiger partial charge >= 0.3 is 0 Å². The minimum Gasteiger partial charge on any atom is -0.0883 e. The number of rotatable bonds is 2. The van der Waals surface area contributed by atoms with Crippen molar-refractivity contribution in [1.29, 1.82) is 0 Å². The maximum atomic E-state index is 3.78. The minimum atomic E-state index is 0.885. The van der Waals surface area contributed by atoms with Gasteiger partial charge in [0.25, 0.3) is 0 Å². The molecule has 0 aromatic rings.